The Morgan fingerprint density at radius 3 is 2.90 bits per heavy atom. The van der Waals surface area contributed by atoms with E-state index in [9.17, 15) is 4.79 Å². The molecule has 2 unspecified atom stereocenters. The van der Waals surface area contributed by atoms with Gasteiger partial charge in [-0.3, -0.25) is 0 Å². The molecule has 0 saturated heterocycles. The average Bonchev–Trinajstić information content (AvgIpc) is 2.38. The summed E-state index contributed by atoms with van der Waals surface area (Å²) in [6.07, 6.45) is 6.59. The second-order valence-corrected chi connectivity index (χ2v) is 5.99. The molecule has 0 bridgehead atoms. The van der Waals surface area contributed by atoms with Crippen LogP contribution in [-0.4, -0.2) is 22.6 Å². The van der Waals surface area contributed by atoms with Crippen molar-refractivity contribution >= 4 is 11.8 Å². The maximum atomic E-state index is 10.9. The molecule has 2 rings (SSSR count). The zero-order valence-electron chi connectivity index (χ0n) is 12.4. The van der Waals surface area contributed by atoms with Crippen molar-refractivity contribution in [3.8, 4) is 0 Å². The molecule has 0 spiro atoms. The molecule has 0 aliphatic heterocycles. The van der Waals surface area contributed by atoms with Gasteiger partial charge in [-0.05, 0) is 43.7 Å². The molecule has 2 N–H and O–H groups in total. The van der Waals surface area contributed by atoms with Gasteiger partial charge in [0.05, 0.1) is 11.3 Å². The minimum absolute atomic E-state index is 0.275. The number of carboxylic acid groups (broad SMARTS) is 1. The topological polar surface area (TPSA) is 62.2 Å². The Morgan fingerprint density at radius 2 is 2.25 bits per heavy atom. The van der Waals surface area contributed by atoms with Crippen molar-refractivity contribution in [1.29, 1.82) is 0 Å². The Labute approximate surface area is 120 Å². The minimum atomic E-state index is -0.919. The third-order valence-electron chi connectivity index (χ3n) is 4.22. The van der Waals surface area contributed by atoms with Crippen molar-refractivity contribution in [1.82, 2.24) is 4.98 Å². The SMILES string of the molecule is Cc1nc(NCCC2CCCC(C)C2)ccc1C(=O)O. The van der Waals surface area contributed by atoms with Crippen molar-refractivity contribution in [3.63, 3.8) is 0 Å². The first kappa shape index (κ1) is 14.8. The molecule has 1 aromatic heterocycles. The smallest absolute Gasteiger partial charge is 0.337 e. The number of nitrogens with zero attached hydrogens (tertiary/aromatic N) is 1. The maximum absolute atomic E-state index is 10.9. The van der Waals surface area contributed by atoms with Crippen LogP contribution in [0.15, 0.2) is 12.1 Å². The van der Waals surface area contributed by atoms with Gasteiger partial charge in [-0.2, -0.15) is 0 Å². The van der Waals surface area contributed by atoms with Gasteiger partial charge in [0.1, 0.15) is 5.82 Å². The number of aryl methyl sites for hydroxylation is 1. The van der Waals surface area contributed by atoms with Crippen LogP contribution in [-0.2, 0) is 0 Å². The molecule has 1 aromatic rings. The average molecular weight is 276 g/mol. The monoisotopic (exact) mass is 276 g/mol. The molecule has 0 radical (unpaired) electrons. The largest absolute Gasteiger partial charge is 0.478 e. The predicted octanol–water partition coefficient (Wildman–Crippen LogP) is 3.72. The van der Waals surface area contributed by atoms with Crippen LogP contribution in [0.2, 0.25) is 0 Å². The van der Waals surface area contributed by atoms with Gasteiger partial charge in [0.25, 0.3) is 0 Å². The number of hydrogen-bond donors (Lipinski definition) is 2. The molecule has 4 heteroatoms. The maximum Gasteiger partial charge on any atom is 0.337 e. The van der Waals surface area contributed by atoms with Crippen molar-refractivity contribution in [2.24, 2.45) is 11.8 Å². The molecule has 4 nitrogen and oxygen atoms in total. The lowest BCUT2D eigenvalue weighted by molar-refractivity contribution is 0.0695. The summed E-state index contributed by atoms with van der Waals surface area (Å²) in [6.45, 7) is 4.99. The summed E-state index contributed by atoms with van der Waals surface area (Å²) in [5.41, 5.74) is 0.838. The van der Waals surface area contributed by atoms with E-state index in [1.807, 2.05) is 0 Å². The lowest BCUT2D eigenvalue weighted by atomic mass is 9.81. The van der Waals surface area contributed by atoms with E-state index in [-0.39, 0.29) is 5.56 Å². The zero-order valence-corrected chi connectivity index (χ0v) is 12.4. The van der Waals surface area contributed by atoms with E-state index < -0.39 is 5.97 Å². The Morgan fingerprint density at radius 1 is 1.45 bits per heavy atom. The number of aromatic carboxylic acids is 1. The van der Waals surface area contributed by atoms with Crippen molar-refractivity contribution in [3.05, 3.63) is 23.4 Å². The van der Waals surface area contributed by atoms with Gasteiger partial charge in [-0.15, -0.1) is 0 Å². The molecule has 2 atom stereocenters. The van der Waals surface area contributed by atoms with Crippen LogP contribution < -0.4 is 5.32 Å². The first-order valence-corrected chi connectivity index (χ1v) is 7.51. The summed E-state index contributed by atoms with van der Waals surface area (Å²) in [7, 11) is 0. The molecule has 110 valence electrons. The molecule has 1 aliphatic rings. The predicted molar refractivity (Wildman–Crippen MR) is 80.2 cm³/mol. The zero-order chi connectivity index (χ0) is 14.5. The lowest BCUT2D eigenvalue weighted by Gasteiger charge is -2.26. The van der Waals surface area contributed by atoms with E-state index in [1.165, 1.54) is 32.1 Å². The van der Waals surface area contributed by atoms with Crippen LogP contribution in [0.5, 0.6) is 0 Å². The second kappa shape index (κ2) is 6.73. The van der Waals surface area contributed by atoms with Gasteiger partial charge < -0.3 is 10.4 Å². The van der Waals surface area contributed by atoms with Crippen LogP contribution in [0.25, 0.3) is 0 Å². The van der Waals surface area contributed by atoms with Gasteiger partial charge in [0, 0.05) is 6.54 Å². The van der Waals surface area contributed by atoms with E-state index in [2.05, 4.69) is 17.2 Å². The Hall–Kier alpha value is -1.58. The summed E-state index contributed by atoms with van der Waals surface area (Å²) in [4.78, 5) is 15.2. The normalized spacial score (nSPS) is 22.5. The minimum Gasteiger partial charge on any atom is -0.478 e. The fourth-order valence-electron chi connectivity index (χ4n) is 3.11. The van der Waals surface area contributed by atoms with E-state index in [4.69, 9.17) is 5.11 Å². The number of rotatable bonds is 5. The molecule has 0 aromatic carbocycles. The van der Waals surface area contributed by atoms with Gasteiger partial charge in [0.2, 0.25) is 0 Å². The number of hydrogen-bond acceptors (Lipinski definition) is 3. The van der Waals surface area contributed by atoms with Gasteiger partial charge in [-0.25, -0.2) is 9.78 Å². The van der Waals surface area contributed by atoms with E-state index >= 15 is 0 Å². The second-order valence-electron chi connectivity index (χ2n) is 5.99. The Balaban J connectivity index is 1.82. The first-order chi connectivity index (χ1) is 9.56. The standard InChI is InChI=1S/C16H24N2O2/c1-11-4-3-5-13(10-11)8-9-17-15-7-6-14(16(19)20)12(2)18-15/h6-7,11,13H,3-5,8-10H2,1-2H3,(H,17,18)(H,19,20). The molecule has 1 saturated carbocycles. The molecule has 20 heavy (non-hydrogen) atoms. The van der Waals surface area contributed by atoms with Gasteiger partial charge in [-0.1, -0.05) is 26.2 Å². The summed E-state index contributed by atoms with van der Waals surface area (Å²) in [5, 5.41) is 12.3. The summed E-state index contributed by atoms with van der Waals surface area (Å²) >= 11 is 0. The van der Waals surface area contributed by atoms with Crippen LogP contribution in [0.4, 0.5) is 5.82 Å². The third kappa shape index (κ3) is 3.95. The highest BCUT2D eigenvalue weighted by molar-refractivity contribution is 5.89. The molecule has 1 aliphatic carbocycles. The number of carbonyl (C=O) groups is 1. The highest BCUT2D eigenvalue weighted by Gasteiger charge is 2.18. The summed E-state index contributed by atoms with van der Waals surface area (Å²) in [5.74, 6) is 1.55. The van der Waals surface area contributed by atoms with Crippen molar-refractivity contribution in [2.45, 2.75) is 46.0 Å². The van der Waals surface area contributed by atoms with Crippen LogP contribution in [0, 0.1) is 18.8 Å². The Kier molecular flexibility index (Phi) is 4.99. The Bertz CT molecular complexity index is 474. The number of anilines is 1. The van der Waals surface area contributed by atoms with Crippen LogP contribution >= 0.6 is 0 Å². The van der Waals surface area contributed by atoms with Crippen LogP contribution in [0.1, 0.15) is 55.1 Å². The van der Waals surface area contributed by atoms with Gasteiger partial charge in [0.15, 0.2) is 0 Å². The fourth-order valence-corrected chi connectivity index (χ4v) is 3.11. The molecular weight excluding hydrogens is 252 g/mol. The summed E-state index contributed by atoms with van der Waals surface area (Å²) in [6, 6.07) is 3.37. The van der Waals surface area contributed by atoms with Crippen LogP contribution in [0.3, 0.4) is 0 Å². The molecular formula is C16H24N2O2. The molecule has 1 heterocycles. The molecule has 1 fully saturated rings. The highest BCUT2D eigenvalue weighted by atomic mass is 16.4. The van der Waals surface area contributed by atoms with E-state index in [0.717, 1.165) is 24.2 Å². The number of aromatic nitrogens is 1. The lowest BCUT2D eigenvalue weighted by Crippen LogP contribution is -2.17. The van der Waals surface area contributed by atoms with Crippen molar-refractivity contribution in [2.75, 3.05) is 11.9 Å². The first-order valence-electron chi connectivity index (χ1n) is 7.51. The number of nitrogens with one attached hydrogen (secondary N) is 1. The number of pyridine rings is 1. The highest BCUT2D eigenvalue weighted by Crippen LogP contribution is 2.30. The van der Waals surface area contributed by atoms with E-state index in [0.29, 0.717) is 5.69 Å². The third-order valence-corrected chi connectivity index (χ3v) is 4.22. The quantitative estimate of drug-likeness (QED) is 0.860. The fraction of sp³-hybridized carbons (Fsp3) is 0.625. The summed E-state index contributed by atoms with van der Waals surface area (Å²) < 4.78 is 0. The van der Waals surface area contributed by atoms with Gasteiger partial charge >= 0.3 is 5.97 Å². The van der Waals surface area contributed by atoms with E-state index in [1.54, 1.807) is 19.1 Å². The van der Waals surface area contributed by atoms with Crippen molar-refractivity contribution < 1.29 is 9.90 Å². The molecule has 0 amide bonds. The number of carboxylic acids is 1.